The molecule has 0 aromatic carbocycles. The molecule has 0 aliphatic carbocycles. The van der Waals surface area contributed by atoms with Crippen molar-refractivity contribution in [3.8, 4) is 0 Å². The number of nitrogens with zero attached hydrogens (tertiary/aromatic N) is 1. The van der Waals surface area contributed by atoms with Crippen molar-refractivity contribution in [1.29, 1.82) is 0 Å². The van der Waals surface area contributed by atoms with Crippen LogP contribution in [0.1, 0.15) is 271 Å². The van der Waals surface area contributed by atoms with E-state index in [2.05, 4.69) is 50.3 Å². The molecule has 0 radical (unpaired) electrons. The second-order valence-corrected chi connectivity index (χ2v) is 20.9. The molecule has 0 aromatic rings. The average Bonchev–Trinajstić information content (AvgIpc) is 3.31. The highest BCUT2D eigenvalue weighted by Gasteiger charge is 2.22. The van der Waals surface area contributed by atoms with Crippen LogP contribution in [0.25, 0.3) is 0 Å². The summed E-state index contributed by atoms with van der Waals surface area (Å²) in [6.45, 7) is 4.77. The number of aliphatic carboxylic acids is 1. The van der Waals surface area contributed by atoms with Crippen LogP contribution in [0, 0.1) is 0 Å². The Balaban J connectivity index is 4.24. The maximum absolute atomic E-state index is 12.9. The van der Waals surface area contributed by atoms with Crippen LogP contribution in [0.4, 0.5) is 0 Å². The van der Waals surface area contributed by atoms with Crippen molar-refractivity contribution < 1.29 is 42.9 Å². The summed E-state index contributed by atoms with van der Waals surface area (Å²) in [6, 6.07) is 0. The van der Waals surface area contributed by atoms with E-state index in [4.69, 9.17) is 18.9 Å². The third kappa shape index (κ3) is 53.1. The molecule has 0 saturated heterocycles. The summed E-state index contributed by atoms with van der Waals surface area (Å²) < 4.78 is 22.7. The lowest BCUT2D eigenvalue weighted by atomic mass is 10.0. The number of rotatable bonds is 54. The van der Waals surface area contributed by atoms with Crippen molar-refractivity contribution >= 4 is 17.9 Å². The van der Waals surface area contributed by atoms with Gasteiger partial charge in [0.25, 0.3) is 0 Å². The number of likely N-dealkylation sites (N-methyl/N-ethyl adjacent to an activating group) is 1. The van der Waals surface area contributed by atoms with Gasteiger partial charge in [0.15, 0.2) is 12.4 Å². The van der Waals surface area contributed by atoms with Gasteiger partial charge >= 0.3 is 11.9 Å². The first-order chi connectivity index (χ1) is 33.6. The number of carboxylic acid groups (broad SMARTS) is 1. The number of esters is 2. The zero-order valence-corrected chi connectivity index (χ0v) is 45.9. The molecule has 0 N–H and O–H groups in total. The number of allylic oxidation sites excluding steroid dienone is 6. The van der Waals surface area contributed by atoms with Crippen LogP contribution in [-0.2, 0) is 33.3 Å². The molecule has 9 nitrogen and oxygen atoms in total. The lowest BCUT2D eigenvalue weighted by molar-refractivity contribution is -0.870. The van der Waals surface area contributed by atoms with E-state index < -0.39 is 24.3 Å². The Kier molecular flexibility index (Phi) is 50.0. The highest BCUT2D eigenvalue weighted by Crippen LogP contribution is 2.16. The standard InChI is InChI=1S/C60H111NO8/c1-6-8-10-12-14-16-18-20-22-24-26-28-29-31-33-35-37-39-41-43-45-47-49-51-58(63)69-56(55-68-60(59(64)65)66-53-52-61(3,4)5)54-67-57(62)50-48-46-44-42-40-38-36-34-32-30-27-25-23-21-19-17-15-13-11-9-7-2/h18,20,24-27,56,60H,6-17,19,21-23,28-55H2,1-5H3/b20-18-,26-24-,27-25-. The molecule has 0 spiro atoms. The zero-order chi connectivity index (χ0) is 50.6. The van der Waals surface area contributed by atoms with Gasteiger partial charge in [-0.25, -0.2) is 0 Å². The number of quaternary nitrogens is 1. The minimum absolute atomic E-state index is 0.148. The minimum Gasteiger partial charge on any atom is -0.545 e. The van der Waals surface area contributed by atoms with E-state index in [9.17, 15) is 19.5 Å². The normalized spacial score (nSPS) is 13.0. The number of hydrogen-bond donors (Lipinski definition) is 0. The van der Waals surface area contributed by atoms with Gasteiger partial charge in [-0.2, -0.15) is 0 Å². The first-order valence-electron chi connectivity index (χ1n) is 29.1. The summed E-state index contributed by atoms with van der Waals surface area (Å²) in [5.74, 6) is -2.27. The predicted molar refractivity (Wildman–Crippen MR) is 288 cm³/mol. The van der Waals surface area contributed by atoms with Gasteiger partial charge < -0.3 is 33.3 Å². The summed E-state index contributed by atoms with van der Waals surface area (Å²) >= 11 is 0. The predicted octanol–water partition coefficient (Wildman–Crippen LogP) is 15.6. The molecule has 2 unspecified atom stereocenters. The molecule has 9 heteroatoms. The fourth-order valence-electron chi connectivity index (χ4n) is 8.33. The van der Waals surface area contributed by atoms with Crippen molar-refractivity contribution in [2.45, 2.75) is 283 Å². The molecule has 0 rings (SSSR count). The largest absolute Gasteiger partial charge is 0.545 e. The molecule has 0 bridgehead atoms. The first kappa shape index (κ1) is 66.5. The fraction of sp³-hybridized carbons (Fsp3) is 0.850. The molecule has 404 valence electrons. The lowest BCUT2D eigenvalue weighted by Gasteiger charge is -2.26. The smallest absolute Gasteiger partial charge is 0.306 e. The quantitative estimate of drug-likeness (QED) is 0.0195. The molecule has 2 atom stereocenters. The number of carbonyl (C=O) groups is 3. The first-order valence-corrected chi connectivity index (χ1v) is 29.1. The lowest BCUT2D eigenvalue weighted by Crippen LogP contribution is -2.44. The summed E-state index contributed by atoms with van der Waals surface area (Å²) in [7, 11) is 5.93. The SMILES string of the molecule is CCCCCCC/C=C\C/C=C\CCCCCCCCCCCCCC(=O)OC(COC(=O)CCCCCCCCCCC/C=C\CCCCCCCCCC)COC(OCC[N+](C)(C)C)C(=O)[O-]. The maximum Gasteiger partial charge on any atom is 0.306 e. The maximum atomic E-state index is 12.9. The third-order valence-electron chi connectivity index (χ3n) is 12.9. The highest BCUT2D eigenvalue weighted by molar-refractivity contribution is 5.70. The van der Waals surface area contributed by atoms with Gasteiger partial charge in [-0.15, -0.1) is 0 Å². The van der Waals surface area contributed by atoms with Gasteiger partial charge in [0.1, 0.15) is 13.2 Å². The molecule has 0 heterocycles. The van der Waals surface area contributed by atoms with Crippen molar-refractivity contribution in [2.24, 2.45) is 0 Å². The molecule has 0 aliphatic heterocycles. The van der Waals surface area contributed by atoms with E-state index in [1.54, 1.807) is 0 Å². The summed E-state index contributed by atoms with van der Waals surface area (Å²) in [5.41, 5.74) is 0. The molecule has 0 aliphatic rings. The fourth-order valence-corrected chi connectivity index (χ4v) is 8.33. The van der Waals surface area contributed by atoms with Crippen LogP contribution in [-0.4, -0.2) is 82.3 Å². The molecule has 0 fully saturated rings. The van der Waals surface area contributed by atoms with E-state index in [0.717, 1.165) is 44.9 Å². The van der Waals surface area contributed by atoms with Crippen LogP contribution in [0.2, 0.25) is 0 Å². The van der Waals surface area contributed by atoms with E-state index in [0.29, 0.717) is 23.9 Å². The van der Waals surface area contributed by atoms with Gasteiger partial charge in [-0.3, -0.25) is 9.59 Å². The summed E-state index contributed by atoms with van der Waals surface area (Å²) in [4.78, 5) is 37.3. The van der Waals surface area contributed by atoms with Crippen molar-refractivity contribution in [3.63, 3.8) is 0 Å². The topological polar surface area (TPSA) is 111 Å². The van der Waals surface area contributed by atoms with Gasteiger partial charge in [-0.1, -0.05) is 224 Å². The Bertz CT molecular complexity index is 1230. The summed E-state index contributed by atoms with van der Waals surface area (Å²) in [6.07, 6.45) is 59.0. The van der Waals surface area contributed by atoms with Gasteiger partial charge in [0.05, 0.1) is 40.3 Å². The second kappa shape index (κ2) is 51.9. The molecular weight excluding hydrogens is 863 g/mol. The van der Waals surface area contributed by atoms with E-state index in [-0.39, 0.29) is 32.2 Å². The van der Waals surface area contributed by atoms with E-state index in [1.165, 1.54) is 193 Å². The Hall–Kier alpha value is -2.49. The molecule has 0 aromatic heterocycles. The van der Waals surface area contributed by atoms with Gasteiger partial charge in [-0.05, 0) is 70.6 Å². The number of carbonyl (C=O) groups excluding carboxylic acids is 3. The minimum atomic E-state index is -1.62. The van der Waals surface area contributed by atoms with Crippen molar-refractivity contribution in [3.05, 3.63) is 36.5 Å². The number of carboxylic acids is 1. The van der Waals surface area contributed by atoms with Crippen molar-refractivity contribution in [1.82, 2.24) is 0 Å². The van der Waals surface area contributed by atoms with Gasteiger partial charge in [0.2, 0.25) is 0 Å². The number of unbranched alkanes of at least 4 members (excludes halogenated alkanes) is 33. The highest BCUT2D eigenvalue weighted by atomic mass is 16.7. The molecule has 0 amide bonds. The van der Waals surface area contributed by atoms with E-state index in [1.807, 2.05) is 21.1 Å². The monoisotopic (exact) mass is 974 g/mol. The van der Waals surface area contributed by atoms with Gasteiger partial charge in [0, 0.05) is 12.8 Å². The third-order valence-corrected chi connectivity index (χ3v) is 12.9. The average molecular weight is 975 g/mol. The van der Waals surface area contributed by atoms with Crippen LogP contribution in [0.3, 0.4) is 0 Å². The van der Waals surface area contributed by atoms with Crippen LogP contribution in [0.5, 0.6) is 0 Å². The zero-order valence-electron chi connectivity index (χ0n) is 45.9. The number of hydrogen-bond acceptors (Lipinski definition) is 8. The molecular formula is C60H111NO8. The van der Waals surface area contributed by atoms with Crippen LogP contribution in [0.15, 0.2) is 36.5 Å². The van der Waals surface area contributed by atoms with Crippen LogP contribution < -0.4 is 5.11 Å². The Morgan fingerprint density at radius 3 is 1.16 bits per heavy atom. The Morgan fingerprint density at radius 1 is 0.435 bits per heavy atom. The van der Waals surface area contributed by atoms with Crippen LogP contribution >= 0.6 is 0 Å². The summed E-state index contributed by atoms with van der Waals surface area (Å²) in [5, 5.41) is 11.8. The second-order valence-electron chi connectivity index (χ2n) is 20.9. The molecule has 69 heavy (non-hydrogen) atoms. The van der Waals surface area contributed by atoms with E-state index >= 15 is 0 Å². The van der Waals surface area contributed by atoms with Crippen molar-refractivity contribution in [2.75, 3.05) is 47.5 Å². The Morgan fingerprint density at radius 2 is 0.783 bits per heavy atom. The Labute approximate surface area is 426 Å². The number of ether oxygens (including phenoxy) is 4. The molecule has 0 saturated carbocycles.